The first kappa shape index (κ1) is 16.6. The predicted octanol–water partition coefficient (Wildman–Crippen LogP) is 1.41. The Morgan fingerprint density at radius 3 is 2.20 bits per heavy atom. The van der Waals surface area contributed by atoms with Crippen molar-refractivity contribution in [3.8, 4) is 0 Å². The molecule has 0 spiro atoms. The van der Waals surface area contributed by atoms with E-state index in [0.717, 1.165) is 39.0 Å². The Morgan fingerprint density at radius 1 is 0.880 bits per heavy atom. The second-order valence-corrected chi connectivity index (χ2v) is 7.77. The van der Waals surface area contributed by atoms with Gasteiger partial charge in [0.15, 0.2) is 0 Å². The number of nitrogens with zero attached hydrogens (tertiary/aromatic N) is 3. The molecule has 1 saturated carbocycles. The van der Waals surface area contributed by atoms with Crippen molar-refractivity contribution in [1.82, 2.24) is 14.7 Å². The zero-order valence-corrected chi connectivity index (χ0v) is 14.9. The van der Waals surface area contributed by atoms with Crippen molar-refractivity contribution in [1.29, 1.82) is 0 Å². The Bertz CT molecular complexity index is 636. The number of likely N-dealkylation sites (N-methyl/N-ethyl adjacent to an activating group) is 1. The van der Waals surface area contributed by atoms with Crippen LogP contribution in [0.5, 0.6) is 0 Å². The van der Waals surface area contributed by atoms with Crippen molar-refractivity contribution in [2.75, 3.05) is 46.3 Å². The number of piperazine rings is 1. The standard InChI is InChI=1S/C20H27N3O2/c1-21-9-11-22(12-10-21)20(25)18-14-23(19(24)16-7-8-16)13-17(18)15-5-3-2-4-6-15/h2-6,16-18H,7-14H2,1H3. The Hall–Kier alpha value is -1.88. The van der Waals surface area contributed by atoms with Gasteiger partial charge in [-0.1, -0.05) is 30.3 Å². The van der Waals surface area contributed by atoms with E-state index in [-0.39, 0.29) is 29.6 Å². The minimum absolute atomic E-state index is 0.103. The van der Waals surface area contributed by atoms with Crippen molar-refractivity contribution in [3.63, 3.8) is 0 Å². The van der Waals surface area contributed by atoms with Crippen LogP contribution in [-0.4, -0.2) is 72.8 Å². The van der Waals surface area contributed by atoms with Crippen LogP contribution in [0.3, 0.4) is 0 Å². The van der Waals surface area contributed by atoms with Gasteiger partial charge in [-0.3, -0.25) is 9.59 Å². The van der Waals surface area contributed by atoms with Gasteiger partial charge in [0.25, 0.3) is 0 Å². The Morgan fingerprint density at radius 2 is 1.56 bits per heavy atom. The smallest absolute Gasteiger partial charge is 0.228 e. The summed E-state index contributed by atoms with van der Waals surface area (Å²) in [5.74, 6) is 0.723. The molecule has 0 radical (unpaired) electrons. The quantitative estimate of drug-likeness (QED) is 0.835. The van der Waals surface area contributed by atoms with Crippen molar-refractivity contribution in [3.05, 3.63) is 35.9 Å². The number of hydrogen-bond donors (Lipinski definition) is 0. The lowest BCUT2D eigenvalue weighted by molar-refractivity contribution is -0.137. The van der Waals surface area contributed by atoms with Crippen molar-refractivity contribution >= 4 is 11.8 Å². The van der Waals surface area contributed by atoms with E-state index in [1.54, 1.807) is 0 Å². The molecule has 25 heavy (non-hydrogen) atoms. The first-order valence-corrected chi connectivity index (χ1v) is 9.44. The summed E-state index contributed by atoms with van der Waals surface area (Å²) in [6.45, 7) is 4.72. The highest BCUT2D eigenvalue weighted by Gasteiger charge is 2.45. The molecule has 1 aliphatic carbocycles. The summed E-state index contributed by atoms with van der Waals surface area (Å²) in [5, 5.41) is 0. The summed E-state index contributed by atoms with van der Waals surface area (Å²) >= 11 is 0. The number of benzene rings is 1. The van der Waals surface area contributed by atoms with Crippen LogP contribution in [0.25, 0.3) is 0 Å². The zero-order chi connectivity index (χ0) is 17.4. The SMILES string of the molecule is CN1CCN(C(=O)C2CN(C(=O)C3CC3)CC2c2ccccc2)CC1. The molecule has 4 rings (SSSR count). The van der Waals surface area contributed by atoms with Gasteiger partial charge in [0.2, 0.25) is 11.8 Å². The lowest BCUT2D eigenvalue weighted by atomic mass is 9.88. The van der Waals surface area contributed by atoms with Crippen LogP contribution in [0.4, 0.5) is 0 Å². The maximum absolute atomic E-state index is 13.2. The fourth-order valence-electron chi connectivity index (χ4n) is 4.12. The highest BCUT2D eigenvalue weighted by Crippen LogP contribution is 2.38. The van der Waals surface area contributed by atoms with Gasteiger partial charge in [-0.2, -0.15) is 0 Å². The molecule has 1 aromatic carbocycles. The minimum Gasteiger partial charge on any atom is -0.341 e. The Labute approximate surface area is 149 Å². The van der Waals surface area contributed by atoms with Gasteiger partial charge >= 0.3 is 0 Å². The van der Waals surface area contributed by atoms with Crippen molar-refractivity contribution < 1.29 is 9.59 Å². The summed E-state index contributed by atoms with van der Waals surface area (Å²) < 4.78 is 0. The minimum atomic E-state index is -0.103. The van der Waals surface area contributed by atoms with Crippen LogP contribution in [0.2, 0.25) is 0 Å². The summed E-state index contributed by atoms with van der Waals surface area (Å²) in [4.78, 5) is 32.0. The molecule has 3 aliphatic rings. The molecule has 134 valence electrons. The van der Waals surface area contributed by atoms with Crippen molar-refractivity contribution in [2.24, 2.45) is 11.8 Å². The van der Waals surface area contributed by atoms with Crippen LogP contribution >= 0.6 is 0 Å². The summed E-state index contributed by atoms with van der Waals surface area (Å²) in [6, 6.07) is 10.2. The zero-order valence-electron chi connectivity index (χ0n) is 14.9. The van der Waals surface area contributed by atoms with E-state index in [0.29, 0.717) is 13.1 Å². The highest BCUT2D eigenvalue weighted by atomic mass is 16.2. The first-order valence-electron chi connectivity index (χ1n) is 9.44. The first-order chi connectivity index (χ1) is 12.1. The number of rotatable bonds is 3. The molecule has 2 atom stereocenters. The Kier molecular flexibility index (Phi) is 4.50. The van der Waals surface area contributed by atoms with E-state index in [2.05, 4.69) is 24.1 Å². The number of carbonyl (C=O) groups excluding carboxylic acids is 2. The lowest BCUT2D eigenvalue weighted by Gasteiger charge is -2.35. The van der Waals surface area contributed by atoms with E-state index in [1.807, 2.05) is 28.0 Å². The largest absolute Gasteiger partial charge is 0.341 e. The van der Waals surface area contributed by atoms with E-state index < -0.39 is 0 Å². The molecule has 2 unspecified atom stereocenters. The molecular weight excluding hydrogens is 314 g/mol. The van der Waals surface area contributed by atoms with E-state index in [4.69, 9.17) is 0 Å². The molecule has 0 bridgehead atoms. The van der Waals surface area contributed by atoms with Crippen LogP contribution < -0.4 is 0 Å². The molecule has 5 heteroatoms. The van der Waals surface area contributed by atoms with Gasteiger partial charge in [0.05, 0.1) is 5.92 Å². The average Bonchev–Trinajstić information content (AvgIpc) is 3.40. The van der Waals surface area contributed by atoms with Crippen LogP contribution in [0.1, 0.15) is 24.3 Å². The molecule has 5 nitrogen and oxygen atoms in total. The van der Waals surface area contributed by atoms with Gasteiger partial charge in [0, 0.05) is 51.1 Å². The lowest BCUT2D eigenvalue weighted by Crippen LogP contribution is -2.50. The maximum atomic E-state index is 13.2. The van der Waals surface area contributed by atoms with Gasteiger partial charge < -0.3 is 14.7 Å². The van der Waals surface area contributed by atoms with Crippen molar-refractivity contribution in [2.45, 2.75) is 18.8 Å². The van der Waals surface area contributed by atoms with Gasteiger partial charge in [-0.25, -0.2) is 0 Å². The van der Waals surface area contributed by atoms with Crippen LogP contribution in [0.15, 0.2) is 30.3 Å². The maximum Gasteiger partial charge on any atom is 0.228 e. The van der Waals surface area contributed by atoms with E-state index >= 15 is 0 Å². The molecule has 3 fully saturated rings. The second-order valence-electron chi connectivity index (χ2n) is 7.77. The number of likely N-dealkylation sites (tertiary alicyclic amines) is 1. The third-order valence-electron chi connectivity index (χ3n) is 5.92. The summed E-state index contributed by atoms with van der Waals surface area (Å²) in [7, 11) is 2.10. The van der Waals surface area contributed by atoms with Gasteiger partial charge in [-0.05, 0) is 25.5 Å². The molecule has 1 aromatic rings. The monoisotopic (exact) mass is 341 g/mol. The Balaban J connectivity index is 1.53. The molecule has 2 amide bonds. The predicted molar refractivity (Wildman–Crippen MR) is 96.1 cm³/mol. The number of amides is 2. The average molecular weight is 341 g/mol. The fraction of sp³-hybridized carbons (Fsp3) is 0.600. The molecule has 2 saturated heterocycles. The fourth-order valence-corrected chi connectivity index (χ4v) is 4.12. The van der Waals surface area contributed by atoms with Gasteiger partial charge in [0.1, 0.15) is 0 Å². The third-order valence-corrected chi connectivity index (χ3v) is 5.92. The molecule has 2 heterocycles. The van der Waals surface area contributed by atoms with Gasteiger partial charge in [-0.15, -0.1) is 0 Å². The molecule has 2 aliphatic heterocycles. The molecule has 0 N–H and O–H groups in total. The third kappa shape index (κ3) is 3.43. The van der Waals surface area contributed by atoms with E-state index in [1.165, 1.54) is 5.56 Å². The molecule has 0 aromatic heterocycles. The van der Waals surface area contributed by atoms with Crippen LogP contribution in [0, 0.1) is 11.8 Å². The summed E-state index contributed by atoms with van der Waals surface area (Å²) in [6.07, 6.45) is 2.03. The molecular formula is C20H27N3O2. The van der Waals surface area contributed by atoms with E-state index in [9.17, 15) is 9.59 Å². The topological polar surface area (TPSA) is 43.9 Å². The highest BCUT2D eigenvalue weighted by molar-refractivity contribution is 5.85. The van der Waals surface area contributed by atoms with Crippen LogP contribution in [-0.2, 0) is 9.59 Å². The number of carbonyl (C=O) groups is 2. The summed E-state index contributed by atoms with van der Waals surface area (Å²) in [5.41, 5.74) is 1.18. The number of hydrogen-bond acceptors (Lipinski definition) is 3. The second kappa shape index (κ2) is 6.79. The normalized spacial score (nSPS) is 27.6.